The van der Waals surface area contributed by atoms with Crippen LogP contribution in [0.4, 0.5) is 16.4 Å². The van der Waals surface area contributed by atoms with Gasteiger partial charge in [0.25, 0.3) is 0 Å². The molecule has 3 aromatic rings. The molecule has 33 heavy (non-hydrogen) atoms. The molecule has 1 saturated heterocycles. The number of rotatable bonds is 6. The molecule has 0 radical (unpaired) electrons. The number of amides is 2. The van der Waals surface area contributed by atoms with Crippen LogP contribution in [-0.4, -0.2) is 57.1 Å². The molecule has 168 valence electrons. The Morgan fingerprint density at radius 3 is 2.67 bits per heavy atom. The van der Waals surface area contributed by atoms with Gasteiger partial charge in [0.2, 0.25) is 0 Å². The number of carboxylic acid groups (broad SMARTS) is 1. The Bertz CT molecular complexity index is 1200. The van der Waals surface area contributed by atoms with Crippen LogP contribution in [0.15, 0.2) is 41.9 Å². The van der Waals surface area contributed by atoms with Crippen molar-refractivity contribution in [2.75, 3.05) is 30.4 Å². The number of aromatic nitrogens is 3. The van der Waals surface area contributed by atoms with E-state index in [2.05, 4.69) is 26.1 Å². The number of hydrogen-bond acceptors (Lipinski definition) is 7. The number of likely N-dealkylation sites (N-methyl/N-ethyl adjacent to an activating group) is 1. The Hall–Kier alpha value is -3.97. The molecule has 1 aliphatic rings. The molecule has 10 heteroatoms. The van der Waals surface area contributed by atoms with E-state index < -0.39 is 18.0 Å². The molecule has 2 N–H and O–H groups in total. The van der Waals surface area contributed by atoms with Crippen molar-refractivity contribution < 1.29 is 14.7 Å². The molecule has 1 fully saturated rings. The second-order valence-corrected chi connectivity index (χ2v) is 8.37. The standard InChI is InChI=1S/C23H22N6O3S/c1-3-20-26-18(14-33-20)27-23(32)28(2)21(22(30)31)17-10-9-15(13-24-17)16-7-6-8-19(25-16)29-11-4-5-12-29/h1,6-10,13-14,21H,4-5,11-12H2,2H3,(H,27,32)(H,30,31)/t21-/m1/s1. The Balaban J connectivity index is 1.51. The Morgan fingerprint density at radius 1 is 1.24 bits per heavy atom. The Labute approximate surface area is 195 Å². The molecule has 0 aromatic carbocycles. The van der Waals surface area contributed by atoms with Gasteiger partial charge in [0.1, 0.15) is 11.6 Å². The van der Waals surface area contributed by atoms with Crippen LogP contribution in [0.5, 0.6) is 0 Å². The van der Waals surface area contributed by atoms with Crippen molar-refractivity contribution in [3.63, 3.8) is 0 Å². The number of hydrogen-bond donors (Lipinski definition) is 2. The molecule has 0 bridgehead atoms. The van der Waals surface area contributed by atoms with Gasteiger partial charge in [-0.15, -0.1) is 17.8 Å². The first kappa shape index (κ1) is 22.2. The Kier molecular flexibility index (Phi) is 6.51. The van der Waals surface area contributed by atoms with Crippen molar-refractivity contribution in [2.45, 2.75) is 18.9 Å². The maximum atomic E-state index is 12.6. The summed E-state index contributed by atoms with van der Waals surface area (Å²) in [5.41, 5.74) is 1.74. The summed E-state index contributed by atoms with van der Waals surface area (Å²) in [6.07, 6.45) is 9.19. The molecule has 4 heterocycles. The van der Waals surface area contributed by atoms with E-state index in [9.17, 15) is 14.7 Å². The molecule has 1 atom stereocenters. The molecule has 3 aromatic heterocycles. The van der Waals surface area contributed by atoms with E-state index in [1.54, 1.807) is 23.7 Å². The number of carbonyl (C=O) groups excluding carboxylic acids is 1. The quantitative estimate of drug-likeness (QED) is 0.540. The number of thiazole rings is 1. The second kappa shape index (κ2) is 9.67. The number of pyridine rings is 2. The van der Waals surface area contributed by atoms with Crippen LogP contribution in [0.2, 0.25) is 0 Å². The minimum Gasteiger partial charge on any atom is -0.479 e. The fourth-order valence-corrected chi connectivity index (χ4v) is 4.18. The number of terminal acetylenes is 1. The van der Waals surface area contributed by atoms with E-state index in [1.165, 1.54) is 18.4 Å². The highest BCUT2D eigenvalue weighted by Crippen LogP contribution is 2.25. The molecule has 0 unspecified atom stereocenters. The van der Waals surface area contributed by atoms with Gasteiger partial charge in [-0.1, -0.05) is 6.07 Å². The van der Waals surface area contributed by atoms with Crippen molar-refractivity contribution in [1.82, 2.24) is 19.9 Å². The number of nitrogens with zero attached hydrogens (tertiary/aromatic N) is 5. The van der Waals surface area contributed by atoms with Gasteiger partial charge in [-0.2, -0.15) is 0 Å². The fraction of sp³-hybridized carbons (Fsp3) is 0.261. The molecule has 0 saturated carbocycles. The summed E-state index contributed by atoms with van der Waals surface area (Å²) in [5.74, 6) is 2.37. The highest BCUT2D eigenvalue weighted by atomic mass is 32.1. The molecular weight excluding hydrogens is 440 g/mol. The van der Waals surface area contributed by atoms with Gasteiger partial charge in [0, 0.05) is 37.3 Å². The third kappa shape index (κ3) is 4.94. The second-order valence-electron chi connectivity index (χ2n) is 7.51. The van der Waals surface area contributed by atoms with Crippen LogP contribution in [0.1, 0.15) is 29.6 Å². The predicted octanol–water partition coefficient (Wildman–Crippen LogP) is 3.47. The predicted molar refractivity (Wildman–Crippen MR) is 126 cm³/mol. The maximum Gasteiger partial charge on any atom is 0.332 e. The largest absolute Gasteiger partial charge is 0.479 e. The number of urea groups is 1. The van der Waals surface area contributed by atoms with E-state index in [1.807, 2.05) is 18.2 Å². The maximum absolute atomic E-state index is 12.6. The molecule has 1 aliphatic heterocycles. The van der Waals surface area contributed by atoms with E-state index in [4.69, 9.17) is 11.4 Å². The van der Waals surface area contributed by atoms with Crippen LogP contribution in [0.25, 0.3) is 11.3 Å². The SMILES string of the molecule is C#Cc1nc(NC(=O)N(C)[C@@H](C(=O)O)c2ccc(-c3cccc(N4CCCC4)n3)cn2)cs1. The van der Waals surface area contributed by atoms with E-state index >= 15 is 0 Å². The van der Waals surface area contributed by atoms with Gasteiger partial charge in [-0.3, -0.25) is 10.3 Å². The number of anilines is 2. The van der Waals surface area contributed by atoms with Crippen molar-refractivity contribution in [3.05, 3.63) is 52.6 Å². The number of carboxylic acids is 1. The van der Waals surface area contributed by atoms with Gasteiger partial charge in [0.15, 0.2) is 11.0 Å². The van der Waals surface area contributed by atoms with Crippen LogP contribution in [0, 0.1) is 12.3 Å². The lowest BCUT2D eigenvalue weighted by Crippen LogP contribution is -2.39. The van der Waals surface area contributed by atoms with Gasteiger partial charge in [-0.25, -0.2) is 19.6 Å². The summed E-state index contributed by atoms with van der Waals surface area (Å²) >= 11 is 1.20. The van der Waals surface area contributed by atoms with Crippen molar-refractivity contribution in [3.8, 4) is 23.6 Å². The summed E-state index contributed by atoms with van der Waals surface area (Å²) in [5, 5.41) is 14.3. The highest BCUT2D eigenvalue weighted by molar-refractivity contribution is 7.10. The molecular formula is C23H22N6O3S. The normalized spacial score (nSPS) is 13.9. The monoisotopic (exact) mass is 462 g/mol. The first-order valence-electron chi connectivity index (χ1n) is 10.3. The van der Waals surface area contributed by atoms with E-state index in [0.717, 1.165) is 47.9 Å². The number of aliphatic carboxylic acids is 1. The molecule has 4 rings (SSSR count). The van der Waals surface area contributed by atoms with Crippen LogP contribution < -0.4 is 10.2 Å². The van der Waals surface area contributed by atoms with Gasteiger partial charge in [0.05, 0.1) is 11.4 Å². The molecule has 9 nitrogen and oxygen atoms in total. The summed E-state index contributed by atoms with van der Waals surface area (Å²) in [6, 6.07) is 7.27. The summed E-state index contributed by atoms with van der Waals surface area (Å²) in [7, 11) is 1.39. The first-order valence-corrected chi connectivity index (χ1v) is 11.2. The summed E-state index contributed by atoms with van der Waals surface area (Å²) < 4.78 is 0. The minimum atomic E-state index is -1.28. The minimum absolute atomic E-state index is 0.224. The average molecular weight is 463 g/mol. The average Bonchev–Trinajstić information content (AvgIpc) is 3.52. The van der Waals surface area contributed by atoms with Gasteiger partial charge < -0.3 is 14.9 Å². The Morgan fingerprint density at radius 2 is 2.03 bits per heavy atom. The van der Waals surface area contributed by atoms with E-state index in [0.29, 0.717) is 5.01 Å². The third-order valence-corrected chi connectivity index (χ3v) is 6.10. The third-order valence-electron chi connectivity index (χ3n) is 5.33. The van der Waals surface area contributed by atoms with Crippen LogP contribution >= 0.6 is 11.3 Å². The topological polar surface area (TPSA) is 112 Å². The fourth-order valence-electron chi connectivity index (χ4n) is 3.63. The van der Waals surface area contributed by atoms with Crippen molar-refractivity contribution >= 4 is 35.0 Å². The smallest absolute Gasteiger partial charge is 0.332 e. The van der Waals surface area contributed by atoms with Crippen LogP contribution in [0.3, 0.4) is 0 Å². The van der Waals surface area contributed by atoms with E-state index in [-0.39, 0.29) is 11.5 Å². The first-order chi connectivity index (χ1) is 16.0. The lowest BCUT2D eigenvalue weighted by Gasteiger charge is -2.24. The van der Waals surface area contributed by atoms with Crippen molar-refractivity contribution in [1.29, 1.82) is 0 Å². The number of nitrogens with one attached hydrogen (secondary N) is 1. The van der Waals surface area contributed by atoms with Gasteiger partial charge >= 0.3 is 12.0 Å². The van der Waals surface area contributed by atoms with Crippen molar-refractivity contribution in [2.24, 2.45) is 0 Å². The summed E-state index contributed by atoms with van der Waals surface area (Å²) in [4.78, 5) is 41.0. The lowest BCUT2D eigenvalue weighted by atomic mass is 10.1. The van der Waals surface area contributed by atoms with Gasteiger partial charge in [-0.05, 0) is 43.0 Å². The number of carbonyl (C=O) groups is 2. The highest BCUT2D eigenvalue weighted by Gasteiger charge is 2.30. The molecule has 0 spiro atoms. The summed E-state index contributed by atoms with van der Waals surface area (Å²) in [6.45, 7) is 1.99. The zero-order valence-corrected chi connectivity index (χ0v) is 18.7. The van der Waals surface area contributed by atoms with Crippen LogP contribution in [-0.2, 0) is 4.79 Å². The zero-order valence-electron chi connectivity index (χ0n) is 17.9. The lowest BCUT2D eigenvalue weighted by molar-refractivity contribution is -0.142. The molecule has 2 amide bonds. The zero-order chi connectivity index (χ0) is 23.4. The molecule has 0 aliphatic carbocycles.